The first kappa shape index (κ1) is 21.8. The van der Waals surface area contributed by atoms with Gasteiger partial charge in [0.05, 0.1) is 11.6 Å². The Morgan fingerprint density at radius 2 is 1.78 bits per heavy atom. The Morgan fingerprint density at radius 3 is 2.52 bits per heavy atom. The molecule has 0 aliphatic heterocycles. The van der Waals surface area contributed by atoms with Gasteiger partial charge in [-0.1, -0.05) is 41.4 Å². The van der Waals surface area contributed by atoms with Gasteiger partial charge in [0.1, 0.15) is 6.61 Å². The quantitative estimate of drug-likeness (QED) is 0.468. The molecule has 1 N–H and O–H groups in total. The maximum Gasteiger partial charge on any atom is 0.180 e. The van der Waals surface area contributed by atoms with E-state index in [1.54, 1.807) is 0 Å². The fourth-order valence-corrected chi connectivity index (χ4v) is 3.05. The second-order valence-electron chi connectivity index (χ2n) is 5.95. The lowest BCUT2D eigenvalue weighted by Crippen LogP contribution is -2.16. The Kier molecular flexibility index (Phi) is 9.78. The third-order valence-corrected chi connectivity index (χ3v) is 4.52. The number of halogens is 2. The van der Waals surface area contributed by atoms with E-state index in [0.717, 1.165) is 37.3 Å². The second kappa shape index (κ2) is 12.1. The van der Waals surface area contributed by atoms with E-state index >= 15 is 0 Å². The molecule has 0 bridgehead atoms. The molecule has 0 heterocycles. The van der Waals surface area contributed by atoms with E-state index in [0.29, 0.717) is 41.3 Å². The van der Waals surface area contributed by atoms with Gasteiger partial charge in [-0.15, -0.1) is 0 Å². The average Bonchev–Trinajstić information content (AvgIpc) is 2.65. The number of hydrogen-bond acceptors (Lipinski definition) is 4. The molecule has 4 nitrogen and oxygen atoms in total. The third-order valence-electron chi connectivity index (χ3n) is 3.87. The van der Waals surface area contributed by atoms with E-state index in [-0.39, 0.29) is 0 Å². The lowest BCUT2D eigenvalue weighted by molar-refractivity contribution is 0.144. The summed E-state index contributed by atoms with van der Waals surface area (Å²) >= 11 is 12.7. The standard InChI is InChI=1S/C21H27Cl2NO3/c1-3-25-11-7-10-24-14-16-12-19(23)21(20(13-16)26-4-2)27-15-17-8-5-6-9-18(17)22/h5-6,8-9,12-13,24H,3-4,7,10-11,14-15H2,1-2H3. The monoisotopic (exact) mass is 411 g/mol. The van der Waals surface area contributed by atoms with Crippen LogP contribution < -0.4 is 14.8 Å². The van der Waals surface area contributed by atoms with Crippen molar-refractivity contribution in [2.24, 2.45) is 0 Å². The van der Waals surface area contributed by atoms with Crippen LogP contribution in [0, 0.1) is 0 Å². The van der Waals surface area contributed by atoms with Crippen molar-refractivity contribution in [3.05, 3.63) is 57.6 Å². The molecule has 0 aliphatic carbocycles. The van der Waals surface area contributed by atoms with Gasteiger partial charge in [0, 0.05) is 30.3 Å². The molecule has 0 atom stereocenters. The van der Waals surface area contributed by atoms with Crippen molar-refractivity contribution < 1.29 is 14.2 Å². The zero-order valence-corrected chi connectivity index (χ0v) is 17.4. The molecule has 0 spiro atoms. The number of hydrogen-bond donors (Lipinski definition) is 1. The topological polar surface area (TPSA) is 39.7 Å². The molecular formula is C21H27Cl2NO3. The van der Waals surface area contributed by atoms with E-state index in [4.69, 9.17) is 37.4 Å². The van der Waals surface area contributed by atoms with Crippen LogP contribution in [-0.4, -0.2) is 26.4 Å². The minimum atomic E-state index is 0.328. The van der Waals surface area contributed by atoms with Gasteiger partial charge in [0.15, 0.2) is 11.5 Å². The molecule has 0 unspecified atom stereocenters. The Morgan fingerprint density at radius 1 is 0.963 bits per heavy atom. The number of nitrogens with one attached hydrogen (secondary N) is 1. The van der Waals surface area contributed by atoms with Crippen LogP contribution in [0.3, 0.4) is 0 Å². The second-order valence-corrected chi connectivity index (χ2v) is 6.76. The highest BCUT2D eigenvalue weighted by molar-refractivity contribution is 6.32. The van der Waals surface area contributed by atoms with Crippen molar-refractivity contribution in [1.82, 2.24) is 5.32 Å². The normalized spacial score (nSPS) is 10.8. The zero-order chi connectivity index (χ0) is 19.5. The number of ether oxygens (including phenoxy) is 3. The summed E-state index contributed by atoms with van der Waals surface area (Å²) in [6.45, 7) is 7.90. The first-order valence-corrected chi connectivity index (χ1v) is 10.0. The Hall–Kier alpha value is -1.46. The number of benzene rings is 2. The summed E-state index contributed by atoms with van der Waals surface area (Å²) < 4.78 is 17.0. The summed E-state index contributed by atoms with van der Waals surface area (Å²) in [6, 6.07) is 11.5. The van der Waals surface area contributed by atoms with Crippen molar-refractivity contribution in [3.63, 3.8) is 0 Å². The molecule has 2 rings (SSSR count). The molecular weight excluding hydrogens is 385 g/mol. The van der Waals surface area contributed by atoms with Crippen molar-refractivity contribution >= 4 is 23.2 Å². The van der Waals surface area contributed by atoms with Crippen molar-refractivity contribution in [3.8, 4) is 11.5 Å². The lowest BCUT2D eigenvalue weighted by atomic mass is 10.2. The third kappa shape index (κ3) is 7.23. The highest BCUT2D eigenvalue weighted by atomic mass is 35.5. The molecule has 0 saturated heterocycles. The van der Waals surface area contributed by atoms with Crippen molar-refractivity contribution in [2.45, 2.75) is 33.4 Å². The largest absolute Gasteiger partial charge is 0.490 e. The van der Waals surface area contributed by atoms with Gasteiger partial charge in [-0.2, -0.15) is 0 Å². The van der Waals surface area contributed by atoms with Crippen LogP contribution in [-0.2, 0) is 17.9 Å². The maximum atomic E-state index is 6.47. The number of rotatable bonds is 12. The van der Waals surface area contributed by atoms with Gasteiger partial charge in [0.25, 0.3) is 0 Å². The molecule has 27 heavy (non-hydrogen) atoms. The molecule has 6 heteroatoms. The first-order valence-electron chi connectivity index (χ1n) is 9.25. The van der Waals surface area contributed by atoms with Gasteiger partial charge >= 0.3 is 0 Å². The smallest absolute Gasteiger partial charge is 0.180 e. The molecule has 0 aromatic heterocycles. The highest BCUT2D eigenvalue weighted by Crippen LogP contribution is 2.37. The van der Waals surface area contributed by atoms with E-state index in [1.807, 2.05) is 50.2 Å². The van der Waals surface area contributed by atoms with Crippen molar-refractivity contribution in [1.29, 1.82) is 0 Å². The first-order chi connectivity index (χ1) is 13.2. The molecule has 0 aliphatic rings. The molecule has 0 radical (unpaired) electrons. The lowest BCUT2D eigenvalue weighted by Gasteiger charge is -2.16. The summed E-state index contributed by atoms with van der Waals surface area (Å²) in [4.78, 5) is 0. The Labute approximate surface area is 171 Å². The van der Waals surface area contributed by atoms with Crippen LogP contribution in [0.5, 0.6) is 11.5 Å². The fourth-order valence-electron chi connectivity index (χ4n) is 2.57. The molecule has 0 fully saturated rings. The van der Waals surface area contributed by atoms with E-state index in [2.05, 4.69) is 5.32 Å². The average molecular weight is 412 g/mol. The van der Waals surface area contributed by atoms with Gasteiger partial charge in [0.2, 0.25) is 0 Å². The minimum Gasteiger partial charge on any atom is -0.490 e. The maximum absolute atomic E-state index is 6.47. The fraction of sp³-hybridized carbons (Fsp3) is 0.429. The molecule has 2 aromatic carbocycles. The van der Waals surface area contributed by atoms with Crippen LogP contribution in [0.2, 0.25) is 10.0 Å². The van der Waals surface area contributed by atoms with Gasteiger partial charge in [-0.05, 0) is 50.6 Å². The molecule has 0 amide bonds. The van der Waals surface area contributed by atoms with Crippen molar-refractivity contribution in [2.75, 3.05) is 26.4 Å². The molecule has 148 valence electrons. The highest BCUT2D eigenvalue weighted by Gasteiger charge is 2.13. The van der Waals surface area contributed by atoms with Gasteiger partial charge in [-0.25, -0.2) is 0 Å². The zero-order valence-electron chi connectivity index (χ0n) is 15.9. The van der Waals surface area contributed by atoms with Crippen LogP contribution in [0.1, 0.15) is 31.4 Å². The Bertz CT molecular complexity index is 710. The summed E-state index contributed by atoms with van der Waals surface area (Å²) in [5.74, 6) is 1.18. The molecule has 2 aromatic rings. The van der Waals surface area contributed by atoms with Crippen LogP contribution >= 0.6 is 23.2 Å². The summed E-state index contributed by atoms with van der Waals surface area (Å²) in [5.41, 5.74) is 1.95. The summed E-state index contributed by atoms with van der Waals surface area (Å²) in [7, 11) is 0. The molecule has 0 saturated carbocycles. The van der Waals surface area contributed by atoms with Gasteiger partial charge in [-0.3, -0.25) is 0 Å². The van der Waals surface area contributed by atoms with Crippen LogP contribution in [0.25, 0.3) is 0 Å². The van der Waals surface area contributed by atoms with Crippen LogP contribution in [0.15, 0.2) is 36.4 Å². The SMILES string of the molecule is CCOCCCNCc1cc(Cl)c(OCc2ccccc2Cl)c(OCC)c1. The minimum absolute atomic E-state index is 0.328. The Balaban J connectivity index is 2.01. The van der Waals surface area contributed by atoms with E-state index in [9.17, 15) is 0 Å². The predicted molar refractivity (Wildman–Crippen MR) is 111 cm³/mol. The van der Waals surface area contributed by atoms with E-state index < -0.39 is 0 Å². The van der Waals surface area contributed by atoms with E-state index in [1.165, 1.54) is 0 Å². The van der Waals surface area contributed by atoms with Crippen LogP contribution in [0.4, 0.5) is 0 Å². The summed E-state index contributed by atoms with van der Waals surface area (Å²) in [6.07, 6.45) is 0.971. The predicted octanol–water partition coefficient (Wildman–Crippen LogP) is 5.49. The summed E-state index contributed by atoms with van der Waals surface area (Å²) in [5, 5.41) is 4.58. The van der Waals surface area contributed by atoms with Gasteiger partial charge < -0.3 is 19.5 Å².